The highest BCUT2D eigenvalue weighted by Gasteiger charge is 2.12. The molecule has 0 unspecified atom stereocenters. The van der Waals surface area contributed by atoms with Gasteiger partial charge in [0.1, 0.15) is 12.0 Å². The number of nitrogens with one attached hydrogen (secondary N) is 2. The number of amides is 1. The summed E-state index contributed by atoms with van der Waals surface area (Å²) in [6.45, 7) is 4.76. The van der Waals surface area contributed by atoms with Crippen LogP contribution in [0.1, 0.15) is 33.1 Å². The molecule has 0 saturated carbocycles. The second-order valence-electron chi connectivity index (χ2n) is 7.43. The highest BCUT2D eigenvalue weighted by atomic mass is 16.1. The zero-order chi connectivity index (χ0) is 22.5. The second-order valence-corrected chi connectivity index (χ2v) is 7.43. The molecule has 0 aliphatic rings. The van der Waals surface area contributed by atoms with E-state index in [1.54, 1.807) is 18.3 Å². The van der Waals surface area contributed by atoms with Crippen molar-refractivity contribution in [2.75, 3.05) is 5.32 Å². The molecule has 2 N–H and O–H groups in total. The van der Waals surface area contributed by atoms with E-state index >= 15 is 0 Å². The molecule has 1 amide bonds. The number of aryl methyl sites for hydroxylation is 2. The zero-order valence-electron chi connectivity index (χ0n) is 18.2. The fraction of sp³-hybridized carbons (Fsp3) is 0.217. The SMILES string of the molecule is Cc1ccc(C)c(CNC(=O)c2cccc(NCc3nnc(-c4ccncn4)n3C)c2)n1. The van der Waals surface area contributed by atoms with Crippen LogP contribution in [0, 0.1) is 13.8 Å². The van der Waals surface area contributed by atoms with Crippen LogP contribution < -0.4 is 10.6 Å². The van der Waals surface area contributed by atoms with Crippen molar-refractivity contribution in [3.63, 3.8) is 0 Å². The first-order valence-electron chi connectivity index (χ1n) is 10.2. The lowest BCUT2D eigenvalue weighted by Crippen LogP contribution is -2.24. The molecule has 162 valence electrons. The van der Waals surface area contributed by atoms with Gasteiger partial charge in [-0.25, -0.2) is 9.97 Å². The van der Waals surface area contributed by atoms with Crippen molar-refractivity contribution in [2.45, 2.75) is 26.9 Å². The van der Waals surface area contributed by atoms with Crippen molar-refractivity contribution in [3.8, 4) is 11.5 Å². The first-order chi connectivity index (χ1) is 15.5. The number of nitrogens with zero attached hydrogens (tertiary/aromatic N) is 6. The van der Waals surface area contributed by atoms with Crippen molar-refractivity contribution in [1.82, 2.24) is 35.0 Å². The van der Waals surface area contributed by atoms with Crippen LogP contribution in [-0.4, -0.2) is 35.6 Å². The highest BCUT2D eigenvalue weighted by Crippen LogP contribution is 2.16. The average Bonchev–Trinajstić information content (AvgIpc) is 3.19. The van der Waals surface area contributed by atoms with Gasteiger partial charge in [0, 0.05) is 30.2 Å². The van der Waals surface area contributed by atoms with Gasteiger partial charge < -0.3 is 15.2 Å². The first kappa shape index (κ1) is 21.1. The lowest BCUT2D eigenvalue weighted by molar-refractivity contribution is 0.0950. The molecule has 0 atom stereocenters. The fourth-order valence-electron chi connectivity index (χ4n) is 3.24. The summed E-state index contributed by atoms with van der Waals surface area (Å²) in [7, 11) is 1.89. The van der Waals surface area contributed by atoms with Crippen LogP contribution >= 0.6 is 0 Å². The zero-order valence-corrected chi connectivity index (χ0v) is 18.2. The van der Waals surface area contributed by atoms with E-state index in [9.17, 15) is 4.79 Å². The van der Waals surface area contributed by atoms with Gasteiger partial charge in [0.05, 0.1) is 18.8 Å². The van der Waals surface area contributed by atoms with Crippen molar-refractivity contribution in [2.24, 2.45) is 7.05 Å². The van der Waals surface area contributed by atoms with E-state index in [0.717, 1.165) is 28.5 Å². The minimum atomic E-state index is -0.152. The molecule has 1 aromatic carbocycles. The Morgan fingerprint density at radius 2 is 1.94 bits per heavy atom. The van der Waals surface area contributed by atoms with Crippen molar-refractivity contribution < 1.29 is 4.79 Å². The number of hydrogen-bond donors (Lipinski definition) is 2. The number of hydrogen-bond acceptors (Lipinski definition) is 7. The second kappa shape index (κ2) is 9.34. The molecular weight excluding hydrogens is 404 g/mol. The summed E-state index contributed by atoms with van der Waals surface area (Å²) in [6.07, 6.45) is 3.15. The van der Waals surface area contributed by atoms with Crippen molar-refractivity contribution in [1.29, 1.82) is 0 Å². The summed E-state index contributed by atoms with van der Waals surface area (Å²) in [5, 5.41) is 14.7. The van der Waals surface area contributed by atoms with E-state index in [-0.39, 0.29) is 5.91 Å². The van der Waals surface area contributed by atoms with Crippen molar-refractivity contribution in [3.05, 3.63) is 83.3 Å². The summed E-state index contributed by atoms with van der Waals surface area (Å²) in [6, 6.07) is 13.1. The summed E-state index contributed by atoms with van der Waals surface area (Å²) < 4.78 is 1.88. The number of carbonyl (C=O) groups excluding carboxylic acids is 1. The van der Waals surface area contributed by atoms with Crippen LogP contribution in [-0.2, 0) is 20.1 Å². The van der Waals surface area contributed by atoms with Gasteiger partial charge in [0.25, 0.3) is 5.91 Å². The van der Waals surface area contributed by atoms with Gasteiger partial charge in [-0.1, -0.05) is 12.1 Å². The maximum absolute atomic E-state index is 12.6. The molecule has 9 heteroatoms. The van der Waals surface area contributed by atoms with E-state index in [2.05, 4.69) is 35.8 Å². The molecule has 3 aromatic heterocycles. The predicted octanol–water partition coefficient (Wildman–Crippen LogP) is 2.83. The van der Waals surface area contributed by atoms with Crippen molar-refractivity contribution >= 4 is 11.6 Å². The molecule has 0 aliphatic carbocycles. The summed E-state index contributed by atoms with van der Waals surface area (Å²) in [4.78, 5) is 25.3. The van der Waals surface area contributed by atoms with Gasteiger partial charge >= 0.3 is 0 Å². The summed E-state index contributed by atoms with van der Waals surface area (Å²) in [5.74, 6) is 1.26. The quantitative estimate of drug-likeness (QED) is 0.466. The van der Waals surface area contributed by atoms with E-state index in [4.69, 9.17) is 0 Å². The third-order valence-electron chi connectivity index (χ3n) is 5.11. The monoisotopic (exact) mass is 428 g/mol. The highest BCUT2D eigenvalue weighted by molar-refractivity contribution is 5.95. The Morgan fingerprint density at radius 3 is 2.75 bits per heavy atom. The molecule has 32 heavy (non-hydrogen) atoms. The average molecular weight is 429 g/mol. The van der Waals surface area contributed by atoms with Gasteiger partial charge in [-0.3, -0.25) is 9.78 Å². The molecule has 0 fully saturated rings. The third-order valence-corrected chi connectivity index (χ3v) is 5.11. The minimum Gasteiger partial charge on any atom is -0.378 e. The summed E-state index contributed by atoms with van der Waals surface area (Å²) in [5.41, 5.74) is 4.94. The van der Waals surface area contributed by atoms with Crippen LogP contribution in [0.15, 0.2) is 55.0 Å². The molecule has 3 heterocycles. The summed E-state index contributed by atoms with van der Waals surface area (Å²) >= 11 is 0. The molecule has 0 saturated heterocycles. The number of pyridine rings is 1. The van der Waals surface area contributed by atoms with Gasteiger partial charge in [-0.05, 0) is 49.7 Å². The van der Waals surface area contributed by atoms with Crippen LogP contribution in [0.3, 0.4) is 0 Å². The maximum Gasteiger partial charge on any atom is 0.251 e. The molecule has 4 rings (SSSR count). The number of benzene rings is 1. The van der Waals surface area contributed by atoms with Crippen LogP contribution in [0.5, 0.6) is 0 Å². The predicted molar refractivity (Wildman–Crippen MR) is 121 cm³/mol. The molecule has 9 nitrogen and oxygen atoms in total. The van der Waals surface area contributed by atoms with Gasteiger partial charge in [0.2, 0.25) is 0 Å². The first-order valence-corrected chi connectivity index (χ1v) is 10.2. The van der Waals surface area contributed by atoms with E-state index < -0.39 is 0 Å². The van der Waals surface area contributed by atoms with Gasteiger partial charge in [0.15, 0.2) is 11.6 Å². The Labute approximate surface area is 186 Å². The van der Waals surface area contributed by atoms with Crippen LogP contribution in [0.2, 0.25) is 0 Å². The Balaban J connectivity index is 1.40. The molecule has 4 aromatic rings. The Hall–Kier alpha value is -4.14. The van der Waals surface area contributed by atoms with E-state index in [1.165, 1.54) is 6.33 Å². The lowest BCUT2D eigenvalue weighted by Gasteiger charge is -2.10. The Kier molecular flexibility index (Phi) is 6.16. The fourth-order valence-corrected chi connectivity index (χ4v) is 3.24. The normalized spacial score (nSPS) is 10.7. The third kappa shape index (κ3) is 4.77. The topological polar surface area (TPSA) is 111 Å². The van der Waals surface area contributed by atoms with Crippen LogP contribution in [0.4, 0.5) is 5.69 Å². The Morgan fingerprint density at radius 1 is 1.06 bits per heavy atom. The number of carbonyl (C=O) groups is 1. The maximum atomic E-state index is 12.6. The minimum absolute atomic E-state index is 0.152. The van der Waals surface area contributed by atoms with E-state index in [1.807, 2.05) is 55.8 Å². The number of aromatic nitrogens is 6. The number of anilines is 1. The largest absolute Gasteiger partial charge is 0.378 e. The van der Waals surface area contributed by atoms with E-state index in [0.29, 0.717) is 30.2 Å². The molecular formula is C23H24N8O. The van der Waals surface area contributed by atoms with Gasteiger partial charge in [-0.2, -0.15) is 0 Å². The lowest BCUT2D eigenvalue weighted by atomic mass is 10.1. The molecule has 0 spiro atoms. The smallest absolute Gasteiger partial charge is 0.251 e. The number of rotatable bonds is 7. The van der Waals surface area contributed by atoms with Crippen LogP contribution in [0.25, 0.3) is 11.5 Å². The molecule has 0 radical (unpaired) electrons. The van der Waals surface area contributed by atoms with Gasteiger partial charge in [-0.15, -0.1) is 10.2 Å². The Bertz CT molecular complexity index is 1240. The molecule has 0 aliphatic heterocycles. The molecule has 0 bridgehead atoms. The standard InChI is InChI=1S/C23H24N8O/c1-15-7-8-16(2)28-20(15)12-26-23(32)17-5-4-6-18(11-17)25-13-21-29-30-22(31(21)3)19-9-10-24-14-27-19/h4-11,14,25H,12-13H2,1-3H3,(H,26,32).